The number of nitrogens with zero attached hydrogens (tertiary/aromatic N) is 1. The molecule has 1 aliphatic rings. The number of aliphatic hydroxyl groups is 1. The lowest BCUT2D eigenvalue weighted by Crippen LogP contribution is -2.30. The molecule has 28 heavy (non-hydrogen) atoms. The van der Waals surface area contributed by atoms with Crippen molar-refractivity contribution in [2.45, 2.75) is 19.4 Å². The number of aliphatic hydroxyl groups excluding tert-OH is 1. The maximum Gasteiger partial charge on any atom is 0.294 e. The van der Waals surface area contributed by atoms with Crippen LogP contribution < -0.4 is 4.90 Å². The van der Waals surface area contributed by atoms with Gasteiger partial charge in [-0.1, -0.05) is 73.1 Å². The molecule has 1 amide bonds. The van der Waals surface area contributed by atoms with Gasteiger partial charge in [-0.15, -0.1) is 0 Å². The highest BCUT2D eigenvalue weighted by Gasteiger charge is 2.41. The summed E-state index contributed by atoms with van der Waals surface area (Å²) in [4.78, 5) is 14.7. The molecule has 0 aromatic heterocycles. The van der Waals surface area contributed by atoms with E-state index >= 15 is 0 Å². The van der Waals surface area contributed by atoms with Crippen molar-refractivity contribution in [2.75, 3.05) is 4.90 Å². The van der Waals surface area contributed by atoms with Gasteiger partial charge in [0, 0.05) is 16.3 Å². The highest BCUT2D eigenvalue weighted by atomic mass is 35.5. The number of rotatable bonds is 4. The van der Waals surface area contributed by atoms with Crippen molar-refractivity contribution in [3.63, 3.8) is 0 Å². The van der Waals surface area contributed by atoms with Gasteiger partial charge in [0.15, 0.2) is 5.76 Å². The Hall–Kier alpha value is -3.04. The van der Waals surface area contributed by atoms with Gasteiger partial charge in [-0.05, 0) is 47.4 Å². The summed E-state index contributed by atoms with van der Waals surface area (Å²) < 4.78 is 0. The summed E-state index contributed by atoms with van der Waals surface area (Å²) in [5.74, 6) is -0.628. The predicted molar refractivity (Wildman–Crippen MR) is 113 cm³/mol. The highest BCUT2D eigenvalue weighted by molar-refractivity contribution is 6.30. The molecule has 3 nitrogen and oxygen atoms in total. The lowest BCUT2D eigenvalue weighted by atomic mass is 9.92. The van der Waals surface area contributed by atoms with Gasteiger partial charge < -0.3 is 5.11 Å². The van der Waals surface area contributed by atoms with Crippen molar-refractivity contribution >= 4 is 28.8 Å². The molecule has 140 valence electrons. The molecule has 1 aliphatic heterocycles. The highest BCUT2D eigenvalue weighted by Crippen LogP contribution is 2.45. The van der Waals surface area contributed by atoms with E-state index in [0.29, 0.717) is 16.3 Å². The van der Waals surface area contributed by atoms with Crippen LogP contribution in [0.15, 0.2) is 84.6 Å². The molecule has 4 heteroatoms. The first kappa shape index (κ1) is 18.3. The molecular weight excluding hydrogens is 370 g/mol. The van der Waals surface area contributed by atoms with Gasteiger partial charge in [0.25, 0.3) is 5.91 Å². The number of halogens is 1. The summed E-state index contributed by atoms with van der Waals surface area (Å²) in [6.45, 7) is 2.11. The van der Waals surface area contributed by atoms with Gasteiger partial charge in [-0.2, -0.15) is 0 Å². The molecule has 1 atom stereocenters. The first-order valence-corrected chi connectivity index (χ1v) is 9.64. The summed E-state index contributed by atoms with van der Waals surface area (Å²) in [6, 6.07) is 24.4. The zero-order chi connectivity index (χ0) is 19.7. The van der Waals surface area contributed by atoms with E-state index < -0.39 is 11.9 Å². The zero-order valence-electron chi connectivity index (χ0n) is 15.5. The number of amides is 1. The lowest BCUT2D eigenvalue weighted by molar-refractivity contribution is -0.117. The Morgan fingerprint density at radius 2 is 1.57 bits per heavy atom. The molecule has 0 fully saturated rings. The van der Waals surface area contributed by atoms with Crippen molar-refractivity contribution in [2.24, 2.45) is 0 Å². The molecule has 0 unspecified atom stereocenters. The summed E-state index contributed by atoms with van der Waals surface area (Å²) >= 11 is 6.03. The summed E-state index contributed by atoms with van der Waals surface area (Å²) in [5, 5.41) is 11.4. The largest absolute Gasteiger partial charge is 0.503 e. The van der Waals surface area contributed by atoms with Gasteiger partial charge in [-0.3, -0.25) is 9.69 Å². The fourth-order valence-electron chi connectivity index (χ4n) is 3.64. The molecule has 3 aromatic carbocycles. The third-order valence-electron chi connectivity index (χ3n) is 5.10. The first-order chi connectivity index (χ1) is 13.6. The van der Waals surface area contributed by atoms with Crippen LogP contribution >= 0.6 is 11.6 Å². The normalized spacial score (nSPS) is 16.7. The predicted octanol–water partition coefficient (Wildman–Crippen LogP) is 5.96. The topological polar surface area (TPSA) is 40.5 Å². The Balaban J connectivity index is 1.88. The molecule has 0 bridgehead atoms. The Morgan fingerprint density at radius 3 is 2.18 bits per heavy atom. The van der Waals surface area contributed by atoms with E-state index in [0.717, 1.165) is 17.5 Å². The van der Waals surface area contributed by atoms with Crippen LogP contribution in [0.4, 0.5) is 5.69 Å². The zero-order valence-corrected chi connectivity index (χ0v) is 16.2. The second-order valence-corrected chi connectivity index (χ2v) is 7.21. The number of anilines is 1. The quantitative estimate of drug-likeness (QED) is 0.598. The number of benzene rings is 3. The average Bonchev–Trinajstić information content (AvgIpc) is 3.00. The lowest BCUT2D eigenvalue weighted by Gasteiger charge is -2.27. The number of hydrogen-bond donors (Lipinski definition) is 1. The minimum Gasteiger partial charge on any atom is -0.503 e. The van der Waals surface area contributed by atoms with Crippen LogP contribution in [0.2, 0.25) is 5.02 Å². The van der Waals surface area contributed by atoms with Gasteiger partial charge in [0.1, 0.15) is 0 Å². The van der Waals surface area contributed by atoms with Gasteiger partial charge in [-0.25, -0.2) is 0 Å². The van der Waals surface area contributed by atoms with Crippen LogP contribution in [0.5, 0.6) is 0 Å². The van der Waals surface area contributed by atoms with Crippen molar-refractivity contribution in [3.05, 3.63) is 106 Å². The Morgan fingerprint density at radius 1 is 0.929 bits per heavy atom. The maximum absolute atomic E-state index is 13.1. The number of aryl methyl sites for hydroxylation is 1. The number of hydrogen-bond acceptors (Lipinski definition) is 2. The fraction of sp³-hybridized carbons (Fsp3) is 0.125. The third kappa shape index (κ3) is 3.19. The van der Waals surface area contributed by atoms with Crippen LogP contribution in [-0.2, 0) is 11.2 Å². The van der Waals surface area contributed by atoms with Crippen LogP contribution in [0, 0.1) is 0 Å². The van der Waals surface area contributed by atoms with Crippen molar-refractivity contribution in [3.8, 4) is 0 Å². The summed E-state index contributed by atoms with van der Waals surface area (Å²) in [5.41, 5.74) is 4.31. The van der Waals surface area contributed by atoms with E-state index in [4.69, 9.17) is 11.6 Å². The molecule has 0 saturated carbocycles. The molecule has 4 rings (SSSR count). The smallest absolute Gasteiger partial charge is 0.294 e. The third-order valence-corrected chi connectivity index (χ3v) is 5.35. The molecular formula is C24H20ClNO2. The number of carbonyl (C=O) groups excluding carboxylic acids is 1. The van der Waals surface area contributed by atoms with Crippen LogP contribution in [0.25, 0.3) is 5.57 Å². The first-order valence-electron chi connectivity index (χ1n) is 9.26. The molecule has 1 N–H and O–H groups in total. The van der Waals surface area contributed by atoms with Crippen LogP contribution in [-0.4, -0.2) is 11.0 Å². The minimum absolute atomic E-state index is 0.217. The molecule has 0 saturated heterocycles. The monoisotopic (exact) mass is 389 g/mol. The summed E-state index contributed by atoms with van der Waals surface area (Å²) in [6.07, 6.45) is 0.942. The SMILES string of the molecule is CCc1ccc([C@@H]2C(c3ccccc3)=C(O)C(=O)N2c2ccc(Cl)cc2)cc1. The second kappa shape index (κ2) is 7.53. The molecule has 0 aliphatic carbocycles. The molecule has 0 radical (unpaired) electrons. The van der Waals surface area contributed by atoms with Gasteiger partial charge in [0.2, 0.25) is 0 Å². The van der Waals surface area contributed by atoms with Gasteiger partial charge >= 0.3 is 0 Å². The standard InChI is InChI=1S/C24H20ClNO2/c1-2-16-8-10-18(11-9-16)22-21(17-6-4-3-5-7-17)23(27)24(28)26(22)20-14-12-19(25)13-15-20/h3-15,22,27H,2H2,1H3/t22-/m1/s1. The summed E-state index contributed by atoms with van der Waals surface area (Å²) in [7, 11) is 0. The van der Waals surface area contributed by atoms with Crippen LogP contribution in [0.3, 0.4) is 0 Å². The van der Waals surface area contributed by atoms with E-state index in [2.05, 4.69) is 19.1 Å². The Kier molecular flexibility index (Phi) is 4.93. The Bertz CT molecular complexity index is 1020. The van der Waals surface area contributed by atoms with Crippen molar-refractivity contribution < 1.29 is 9.90 Å². The molecule has 3 aromatic rings. The number of carbonyl (C=O) groups is 1. The van der Waals surface area contributed by atoms with Crippen LogP contribution in [0.1, 0.15) is 29.7 Å². The van der Waals surface area contributed by atoms with Crippen molar-refractivity contribution in [1.29, 1.82) is 0 Å². The average molecular weight is 390 g/mol. The molecule has 1 heterocycles. The van der Waals surface area contributed by atoms with Gasteiger partial charge in [0.05, 0.1) is 6.04 Å². The van der Waals surface area contributed by atoms with E-state index in [1.54, 1.807) is 29.2 Å². The molecule has 0 spiro atoms. The minimum atomic E-state index is -0.415. The maximum atomic E-state index is 13.1. The van der Waals surface area contributed by atoms with E-state index in [9.17, 15) is 9.90 Å². The second-order valence-electron chi connectivity index (χ2n) is 6.78. The van der Waals surface area contributed by atoms with Crippen molar-refractivity contribution in [1.82, 2.24) is 0 Å². The van der Waals surface area contributed by atoms with E-state index in [-0.39, 0.29) is 5.76 Å². The fourth-order valence-corrected chi connectivity index (χ4v) is 3.76. The van der Waals surface area contributed by atoms with E-state index in [1.807, 2.05) is 42.5 Å². The Labute approximate surface area is 169 Å². The van der Waals surface area contributed by atoms with E-state index in [1.165, 1.54) is 5.56 Å².